The minimum absolute atomic E-state index is 0.174. The Kier molecular flexibility index (Phi) is 3.80. The molecule has 7 heteroatoms. The average molecular weight is 353 g/mol. The van der Waals surface area contributed by atoms with E-state index in [0.717, 1.165) is 21.5 Å². The highest BCUT2D eigenvalue weighted by Crippen LogP contribution is 2.37. The number of halogens is 1. The van der Waals surface area contributed by atoms with Crippen molar-refractivity contribution >= 4 is 33.4 Å². The molecule has 1 unspecified atom stereocenters. The number of nitrogens with one attached hydrogen (secondary N) is 1. The lowest BCUT2D eigenvalue weighted by Crippen LogP contribution is -2.21. The van der Waals surface area contributed by atoms with E-state index in [4.69, 9.17) is 4.74 Å². The number of aromatic nitrogens is 3. The molecule has 3 rings (SSSR count). The van der Waals surface area contributed by atoms with Crippen molar-refractivity contribution in [3.05, 3.63) is 22.7 Å². The topological polar surface area (TPSA) is 59.9 Å². The summed E-state index contributed by atoms with van der Waals surface area (Å²) in [6.07, 6.45) is -0.174. The van der Waals surface area contributed by atoms with Crippen LogP contribution in [0.1, 0.15) is 13.8 Å². The SMILES string of the molecule is CCSc1nnc2c(n1)OC(C)Nc1ccc(Br)cc1-2. The molecule has 2 heterocycles. The standard InChI is InChI=1S/C13H13BrN4OS/c1-3-20-13-16-12-11(17-18-13)9-6-8(14)4-5-10(9)15-7(2)19-12/h4-7,15H,3H2,1-2H3. The van der Waals surface area contributed by atoms with E-state index in [1.807, 2.05) is 25.1 Å². The van der Waals surface area contributed by atoms with E-state index in [-0.39, 0.29) is 6.23 Å². The summed E-state index contributed by atoms with van der Waals surface area (Å²) < 4.78 is 6.79. The first-order chi connectivity index (χ1) is 9.67. The van der Waals surface area contributed by atoms with Gasteiger partial charge in [-0.3, -0.25) is 0 Å². The third-order valence-corrected chi connectivity index (χ3v) is 4.01. The average Bonchev–Trinajstić information content (AvgIpc) is 2.54. The summed E-state index contributed by atoms with van der Waals surface area (Å²) in [6.45, 7) is 3.99. The van der Waals surface area contributed by atoms with Crippen LogP contribution in [0.5, 0.6) is 5.88 Å². The molecule has 0 spiro atoms. The molecule has 0 aliphatic carbocycles. The maximum atomic E-state index is 5.81. The summed E-state index contributed by atoms with van der Waals surface area (Å²) in [5.41, 5.74) is 2.57. The molecule has 2 aromatic rings. The molecule has 1 aromatic heterocycles. The van der Waals surface area contributed by atoms with E-state index < -0.39 is 0 Å². The van der Waals surface area contributed by atoms with Gasteiger partial charge < -0.3 is 10.1 Å². The Morgan fingerprint density at radius 3 is 3.05 bits per heavy atom. The van der Waals surface area contributed by atoms with Crippen molar-refractivity contribution in [1.82, 2.24) is 15.2 Å². The van der Waals surface area contributed by atoms with Gasteiger partial charge >= 0.3 is 0 Å². The number of thioether (sulfide) groups is 1. The molecule has 20 heavy (non-hydrogen) atoms. The van der Waals surface area contributed by atoms with Crippen LogP contribution in [-0.4, -0.2) is 27.2 Å². The van der Waals surface area contributed by atoms with Crippen molar-refractivity contribution in [3.63, 3.8) is 0 Å². The Bertz CT molecular complexity index is 652. The van der Waals surface area contributed by atoms with Gasteiger partial charge in [-0.2, -0.15) is 4.98 Å². The Morgan fingerprint density at radius 2 is 2.25 bits per heavy atom. The molecule has 5 nitrogen and oxygen atoms in total. The van der Waals surface area contributed by atoms with Gasteiger partial charge in [0.15, 0.2) is 11.9 Å². The van der Waals surface area contributed by atoms with Crippen LogP contribution >= 0.6 is 27.7 Å². The van der Waals surface area contributed by atoms with Crippen molar-refractivity contribution in [1.29, 1.82) is 0 Å². The fourth-order valence-corrected chi connectivity index (χ4v) is 2.86. The van der Waals surface area contributed by atoms with Crippen molar-refractivity contribution in [3.8, 4) is 17.1 Å². The highest BCUT2D eigenvalue weighted by molar-refractivity contribution is 9.10. The number of anilines is 1. The van der Waals surface area contributed by atoms with Crippen LogP contribution in [-0.2, 0) is 0 Å². The van der Waals surface area contributed by atoms with E-state index in [1.54, 1.807) is 11.8 Å². The zero-order chi connectivity index (χ0) is 14.1. The zero-order valence-electron chi connectivity index (χ0n) is 11.1. The van der Waals surface area contributed by atoms with Gasteiger partial charge in [0.2, 0.25) is 11.0 Å². The Hall–Kier alpha value is -1.34. The summed E-state index contributed by atoms with van der Waals surface area (Å²) >= 11 is 5.03. The first-order valence-corrected chi connectivity index (χ1v) is 8.06. The summed E-state index contributed by atoms with van der Waals surface area (Å²) in [4.78, 5) is 4.45. The third kappa shape index (κ3) is 2.60. The third-order valence-electron chi connectivity index (χ3n) is 2.79. The predicted octanol–water partition coefficient (Wildman–Crippen LogP) is 3.56. The number of hydrogen-bond donors (Lipinski definition) is 1. The maximum absolute atomic E-state index is 5.81. The molecule has 0 bridgehead atoms. The Labute approximate surface area is 129 Å². The molecule has 1 N–H and O–H groups in total. The molecule has 1 aliphatic rings. The normalized spacial score (nSPS) is 16.4. The molecule has 0 fully saturated rings. The molecule has 0 saturated carbocycles. The van der Waals surface area contributed by atoms with Crippen LogP contribution in [0.25, 0.3) is 11.3 Å². The van der Waals surface area contributed by atoms with Gasteiger partial charge in [-0.1, -0.05) is 34.6 Å². The first-order valence-electron chi connectivity index (χ1n) is 6.28. The minimum atomic E-state index is -0.174. The van der Waals surface area contributed by atoms with Gasteiger partial charge in [0.1, 0.15) is 0 Å². The highest BCUT2D eigenvalue weighted by Gasteiger charge is 2.22. The van der Waals surface area contributed by atoms with Crippen LogP contribution in [0.2, 0.25) is 0 Å². The molecule has 0 amide bonds. The second kappa shape index (κ2) is 5.57. The lowest BCUT2D eigenvalue weighted by molar-refractivity contribution is 0.240. The Balaban J connectivity index is 2.15. The van der Waals surface area contributed by atoms with Gasteiger partial charge in [0, 0.05) is 15.7 Å². The van der Waals surface area contributed by atoms with Crippen molar-refractivity contribution in [2.45, 2.75) is 25.2 Å². The Morgan fingerprint density at radius 1 is 1.40 bits per heavy atom. The van der Waals surface area contributed by atoms with E-state index in [2.05, 4.69) is 43.4 Å². The van der Waals surface area contributed by atoms with Crippen molar-refractivity contribution in [2.75, 3.05) is 11.1 Å². The second-order valence-electron chi connectivity index (χ2n) is 4.28. The monoisotopic (exact) mass is 352 g/mol. The van der Waals surface area contributed by atoms with E-state index in [0.29, 0.717) is 16.7 Å². The zero-order valence-corrected chi connectivity index (χ0v) is 13.5. The van der Waals surface area contributed by atoms with Crippen LogP contribution < -0.4 is 10.1 Å². The largest absolute Gasteiger partial charge is 0.452 e. The van der Waals surface area contributed by atoms with Crippen LogP contribution in [0.4, 0.5) is 5.69 Å². The van der Waals surface area contributed by atoms with Gasteiger partial charge in [-0.25, -0.2) is 0 Å². The number of rotatable bonds is 2. The lowest BCUT2D eigenvalue weighted by Gasteiger charge is -2.13. The van der Waals surface area contributed by atoms with Gasteiger partial charge in [-0.05, 0) is 30.9 Å². The van der Waals surface area contributed by atoms with E-state index >= 15 is 0 Å². The molecular formula is C13H13BrN4OS. The van der Waals surface area contributed by atoms with Crippen molar-refractivity contribution < 1.29 is 4.74 Å². The fourth-order valence-electron chi connectivity index (χ4n) is 1.99. The molecule has 0 radical (unpaired) electrons. The summed E-state index contributed by atoms with van der Waals surface area (Å²) in [5.74, 6) is 1.42. The number of hydrogen-bond acceptors (Lipinski definition) is 6. The molecule has 0 saturated heterocycles. The van der Waals surface area contributed by atoms with E-state index in [9.17, 15) is 0 Å². The number of benzene rings is 1. The fraction of sp³-hybridized carbons (Fsp3) is 0.308. The van der Waals surface area contributed by atoms with E-state index in [1.165, 1.54) is 0 Å². The molecule has 1 aliphatic heterocycles. The smallest absolute Gasteiger partial charge is 0.247 e. The summed E-state index contributed by atoms with van der Waals surface area (Å²) in [7, 11) is 0. The quantitative estimate of drug-likeness (QED) is 0.833. The predicted molar refractivity (Wildman–Crippen MR) is 83.1 cm³/mol. The number of ether oxygens (including phenoxy) is 1. The van der Waals surface area contributed by atoms with Gasteiger partial charge in [-0.15, -0.1) is 10.2 Å². The molecule has 104 valence electrons. The molecule has 1 aromatic carbocycles. The van der Waals surface area contributed by atoms with Crippen LogP contribution in [0.15, 0.2) is 27.8 Å². The number of fused-ring (bicyclic) bond motifs is 3. The first kappa shape index (κ1) is 13.6. The molecule has 1 atom stereocenters. The minimum Gasteiger partial charge on any atom is -0.452 e. The van der Waals surface area contributed by atoms with Crippen LogP contribution in [0.3, 0.4) is 0 Å². The molecular weight excluding hydrogens is 340 g/mol. The lowest BCUT2D eigenvalue weighted by atomic mass is 10.1. The maximum Gasteiger partial charge on any atom is 0.247 e. The summed E-state index contributed by atoms with van der Waals surface area (Å²) in [6, 6.07) is 5.96. The second-order valence-corrected chi connectivity index (χ2v) is 6.42. The highest BCUT2D eigenvalue weighted by atomic mass is 79.9. The van der Waals surface area contributed by atoms with Crippen molar-refractivity contribution in [2.24, 2.45) is 0 Å². The van der Waals surface area contributed by atoms with Crippen LogP contribution in [0, 0.1) is 0 Å². The van der Waals surface area contributed by atoms with Gasteiger partial charge in [0.25, 0.3) is 0 Å². The number of nitrogens with zero attached hydrogens (tertiary/aromatic N) is 3. The van der Waals surface area contributed by atoms with Gasteiger partial charge in [0.05, 0.1) is 0 Å². The summed E-state index contributed by atoms with van der Waals surface area (Å²) in [5, 5.41) is 12.4.